The number of aromatic nitrogens is 1. The van der Waals surface area contributed by atoms with Gasteiger partial charge < -0.3 is 79.8 Å². The monoisotopic (exact) mass is 1180 g/mol. The number of H-pyrrole nitrogens is 1. The van der Waals surface area contributed by atoms with E-state index in [1.165, 1.54) is 38.2 Å². The maximum atomic E-state index is 14.1. The number of aliphatic hydroxyl groups is 1. The number of para-hydroxylation sites is 1. The van der Waals surface area contributed by atoms with Gasteiger partial charge in [0.1, 0.15) is 48.0 Å². The van der Waals surface area contributed by atoms with Crippen molar-refractivity contribution in [2.75, 3.05) is 26.7 Å². The molecule has 85 heavy (non-hydrogen) atoms. The molecule has 0 saturated carbocycles. The van der Waals surface area contributed by atoms with Gasteiger partial charge in [0, 0.05) is 69.8 Å². The van der Waals surface area contributed by atoms with Crippen molar-refractivity contribution in [1.29, 1.82) is 0 Å². The quantitative estimate of drug-likeness (QED) is 0.0111. The number of aliphatic hydroxyl groups excluding tert-OH is 1. The molecule has 5 rings (SSSR count). The van der Waals surface area contributed by atoms with Crippen LogP contribution in [-0.4, -0.2) is 166 Å². The second-order valence-corrected chi connectivity index (χ2v) is 20.8. The van der Waals surface area contributed by atoms with Gasteiger partial charge in [-0.3, -0.25) is 58.4 Å². The van der Waals surface area contributed by atoms with Crippen molar-refractivity contribution in [3.63, 3.8) is 0 Å². The molecule has 12 amide bonds. The van der Waals surface area contributed by atoms with Crippen LogP contribution in [0, 0.1) is 5.92 Å². The summed E-state index contributed by atoms with van der Waals surface area (Å²) >= 11 is 0. The number of hydrazine groups is 1. The first-order valence-electron chi connectivity index (χ1n) is 27.4. The zero-order valence-corrected chi connectivity index (χ0v) is 47.6. The van der Waals surface area contributed by atoms with Crippen molar-refractivity contribution in [3.8, 4) is 5.75 Å². The van der Waals surface area contributed by atoms with E-state index in [4.69, 9.17) is 17.2 Å². The summed E-state index contributed by atoms with van der Waals surface area (Å²) < 4.78 is 0. The first-order chi connectivity index (χ1) is 40.4. The number of rotatable bonds is 29. The normalized spacial score (nSPS) is 16.0. The van der Waals surface area contributed by atoms with Gasteiger partial charge in [-0.2, -0.15) is 0 Å². The number of amides is 12. The smallest absolute Gasteiger partial charge is 0.334 e. The molecule has 19 N–H and O–H groups in total. The second kappa shape index (κ2) is 32.2. The Morgan fingerprint density at radius 1 is 0.682 bits per heavy atom. The van der Waals surface area contributed by atoms with E-state index in [-0.39, 0.29) is 75.7 Å². The van der Waals surface area contributed by atoms with Gasteiger partial charge in [0.25, 0.3) is 5.91 Å². The summed E-state index contributed by atoms with van der Waals surface area (Å²) in [5.41, 5.74) is 24.0. The number of benzene rings is 3. The maximum absolute atomic E-state index is 14.1. The number of nitrogens with zero attached hydrogens (tertiary/aromatic N) is 2. The summed E-state index contributed by atoms with van der Waals surface area (Å²) in [6.45, 7) is 3.84. The van der Waals surface area contributed by atoms with Crippen LogP contribution in [-0.2, 0) is 67.2 Å². The zero-order valence-electron chi connectivity index (χ0n) is 47.6. The van der Waals surface area contributed by atoms with Gasteiger partial charge in [0.2, 0.25) is 53.2 Å². The van der Waals surface area contributed by atoms with Crippen LogP contribution < -0.4 is 70.6 Å². The van der Waals surface area contributed by atoms with E-state index in [1.807, 2.05) is 24.3 Å². The molecule has 0 aliphatic carbocycles. The largest absolute Gasteiger partial charge is 0.508 e. The Bertz CT molecular complexity index is 3050. The van der Waals surface area contributed by atoms with Crippen LogP contribution in [0.2, 0.25) is 0 Å². The molecule has 0 radical (unpaired) electrons. The lowest BCUT2D eigenvalue weighted by atomic mass is 10.0. The molecule has 0 spiro atoms. The molecule has 1 fully saturated rings. The van der Waals surface area contributed by atoms with E-state index >= 15 is 0 Å². The fraction of sp³-hybridized carbons (Fsp3) is 0.429. The summed E-state index contributed by atoms with van der Waals surface area (Å²) in [6.07, 6.45) is -0.362. The number of primary amides is 2. The van der Waals surface area contributed by atoms with E-state index in [1.54, 1.807) is 50.4 Å². The summed E-state index contributed by atoms with van der Waals surface area (Å²) in [5.74, 6) is -8.75. The molecule has 0 bridgehead atoms. The number of aliphatic imine (C=N–C) groups is 1. The van der Waals surface area contributed by atoms with Crippen molar-refractivity contribution in [1.82, 2.24) is 63.3 Å². The highest BCUT2D eigenvalue weighted by atomic mass is 16.3. The van der Waals surface area contributed by atoms with E-state index in [0.29, 0.717) is 16.7 Å². The van der Waals surface area contributed by atoms with Gasteiger partial charge in [-0.1, -0.05) is 74.5 Å². The van der Waals surface area contributed by atoms with E-state index < -0.39 is 126 Å². The number of nitrogens with one attached hydrogen (secondary N) is 11. The summed E-state index contributed by atoms with van der Waals surface area (Å²) in [6, 6.07) is 11.0. The number of β-amino-alcohol motifs (C(OH)–C–C–N with tert-alkyl or cyclic N) is 1. The molecule has 458 valence electrons. The number of phenols is 1. The van der Waals surface area contributed by atoms with Crippen molar-refractivity contribution >= 4 is 82.0 Å². The Balaban J connectivity index is 1.22. The Morgan fingerprint density at radius 2 is 1.33 bits per heavy atom. The topological polar surface area (TPSA) is 458 Å². The lowest BCUT2D eigenvalue weighted by Gasteiger charge is -2.29. The van der Waals surface area contributed by atoms with Gasteiger partial charge in [-0.05, 0) is 60.1 Å². The number of phenolic OH excluding ortho intramolecular Hbond substituents is 1. The Labute approximate surface area is 489 Å². The number of hydrogen-bond donors (Lipinski definition) is 16. The van der Waals surface area contributed by atoms with Crippen LogP contribution in [0.1, 0.15) is 69.6 Å². The summed E-state index contributed by atoms with van der Waals surface area (Å²) in [7, 11) is 1.48. The van der Waals surface area contributed by atoms with Gasteiger partial charge >= 0.3 is 6.03 Å². The predicted molar refractivity (Wildman–Crippen MR) is 309 cm³/mol. The molecule has 1 aliphatic heterocycles. The Morgan fingerprint density at radius 3 is 1.99 bits per heavy atom. The molecular weight excluding hydrogens is 1100 g/mol. The first kappa shape index (κ1) is 66.0. The molecule has 1 saturated heterocycles. The minimum absolute atomic E-state index is 0.0301. The maximum Gasteiger partial charge on any atom is 0.334 e. The molecule has 8 atom stereocenters. The molecule has 29 heteroatoms. The average molecular weight is 1180 g/mol. The number of aromatic amines is 1. The second-order valence-electron chi connectivity index (χ2n) is 20.8. The molecule has 3 aromatic carbocycles. The molecule has 2 heterocycles. The minimum Gasteiger partial charge on any atom is -0.508 e. The number of urea groups is 1. The van der Waals surface area contributed by atoms with Crippen LogP contribution in [0.15, 0.2) is 90.1 Å². The molecule has 4 aromatic rings. The Hall–Kier alpha value is -9.80. The SMILES string of the molecule is CN=C(N)NCCC[C@H](NC(=O)[C@H](CC(C)C)NC(=O)NNC(=O)[C@H](Cc1ccccc1)NC(=O)CNC(=O)[C@H](CC(N)=O)NC(=O)[C@@H]1C[C@@H](O)CN1C(=O)[C@@H](Cc1ccc(O)cc1)NC(C)=O)C(=O)N[C@@H](Cc1c[nH]c2ccccc12)C(N)=O. The van der Waals surface area contributed by atoms with Crippen molar-refractivity contribution < 1.29 is 63.0 Å². The third-order valence-corrected chi connectivity index (χ3v) is 13.5. The van der Waals surface area contributed by atoms with E-state index in [9.17, 15) is 63.0 Å². The van der Waals surface area contributed by atoms with Crippen LogP contribution in [0.5, 0.6) is 5.75 Å². The molecule has 1 aromatic heterocycles. The van der Waals surface area contributed by atoms with E-state index in [0.717, 1.165) is 15.8 Å². The van der Waals surface area contributed by atoms with Crippen molar-refractivity contribution in [2.24, 2.45) is 28.1 Å². The number of carbonyl (C=O) groups excluding carboxylic acids is 11. The van der Waals surface area contributed by atoms with Gasteiger partial charge in [-0.25, -0.2) is 10.2 Å². The fourth-order valence-electron chi connectivity index (χ4n) is 9.35. The molecule has 29 nitrogen and oxygen atoms in total. The van der Waals surface area contributed by atoms with Gasteiger partial charge in [0.05, 0.1) is 19.1 Å². The van der Waals surface area contributed by atoms with E-state index in [2.05, 4.69) is 63.4 Å². The number of guanidine groups is 1. The highest BCUT2D eigenvalue weighted by Crippen LogP contribution is 2.23. The summed E-state index contributed by atoms with van der Waals surface area (Å²) in [4.78, 5) is 155. The number of hydrogen-bond acceptors (Lipinski definition) is 14. The van der Waals surface area contributed by atoms with Gasteiger partial charge in [-0.15, -0.1) is 0 Å². The van der Waals surface area contributed by atoms with Gasteiger partial charge in [0.15, 0.2) is 5.96 Å². The van der Waals surface area contributed by atoms with Crippen molar-refractivity contribution in [2.45, 2.75) is 121 Å². The highest BCUT2D eigenvalue weighted by Gasteiger charge is 2.43. The van der Waals surface area contributed by atoms with Crippen LogP contribution in [0.4, 0.5) is 4.79 Å². The highest BCUT2D eigenvalue weighted by molar-refractivity contribution is 5.98. The standard InChI is InChI=1S/C56H76N16O13/c1-30(2)21-41(51(81)66-39(15-10-20-61-55(59)60-4)50(80)67-40(48(58)78)24-34-27-62-38-14-9-8-13-37(34)38)69-56(85)71-70-52(82)42(22-32-11-6-5-7-12-32)65-47(77)28-63-49(79)43(26-46(57)76)68-53(83)45-25-36(75)29-72(45)54(84)44(64-31(3)73)23-33-16-18-35(74)19-17-33/h5-9,11-14,16-19,27,30,36,39-45,62,74-75H,10,15,20-26,28-29H2,1-4H3,(H2,57,76)(H2,58,78)(H,63,79)(H,64,73)(H,65,77)(H,66,81)(H,67,80)(H,68,83)(H,70,82)(H3,59,60,61)(H2,69,71,85)/t36-,39+,40+,41+,42+,43+,44-,45+/m1/s1. The third kappa shape index (κ3) is 21.2. The lowest BCUT2D eigenvalue weighted by molar-refractivity contribution is -0.142. The molecule has 1 aliphatic rings. The molecule has 0 unspecified atom stereocenters. The van der Waals surface area contributed by atoms with Crippen LogP contribution in [0.3, 0.4) is 0 Å². The first-order valence-corrected chi connectivity index (χ1v) is 27.4. The number of carbonyl (C=O) groups is 11. The van der Waals surface area contributed by atoms with Crippen LogP contribution >= 0.6 is 0 Å². The van der Waals surface area contributed by atoms with Crippen molar-refractivity contribution in [3.05, 3.63) is 102 Å². The zero-order chi connectivity index (χ0) is 62.3. The lowest BCUT2D eigenvalue weighted by Crippen LogP contribution is -2.60. The average Bonchev–Trinajstić information content (AvgIpc) is 3.61. The predicted octanol–water partition coefficient (Wildman–Crippen LogP) is -3.16. The number of likely N-dealkylation sites (tertiary alicyclic amines) is 1. The summed E-state index contributed by atoms with van der Waals surface area (Å²) in [5, 5.41) is 41.6. The third-order valence-electron chi connectivity index (χ3n) is 13.5. The minimum atomic E-state index is -1.70. The fourth-order valence-corrected chi connectivity index (χ4v) is 9.35. The number of nitrogens with two attached hydrogens (primary N) is 3. The molecular formula is C56H76N16O13. The number of aromatic hydroxyl groups is 1. The Kier molecular flexibility index (Phi) is 25.0. The number of fused-ring (bicyclic) bond motifs is 1. The van der Waals surface area contributed by atoms with Crippen LogP contribution in [0.25, 0.3) is 10.9 Å².